The highest BCUT2D eigenvalue weighted by Gasteiger charge is 2.24. The lowest BCUT2D eigenvalue weighted by Gasteiger charge is -2.18. The van der Waals surface area contributed by atoms with Crippen molar-refractivity contribution in [1.29, 1.82) is 0 Å². The van der Waals surface area contributed by atoms with Gasteiger partial charge in [0.05, 0.1) is 12.6 Å². The molecule has 1 aliphatic heterocycles. The average molecular weight is 344 g/mol. The molecule has 0 aliphatic carbocycles. The molecule has 7 heteroatoms. The predicted octanol–water partition coefficient (Wildman–Crippen LogP) is 2.40. The maximum Gasteiger partial charge on any atom is 0.315 e. The minimum absolute atomic E-state index is 0.0240. The third-order valence-electron chi connectivity index (χ3n) is 3.94. The predicted molar refractivity (Wildman–Crippen MR) is 94.3 cm³/mol. The maximum absolute atomic E-state index is 12.3. The Bertz CT molecular complexity index is 759. The molecule has 2 aromatic rings. The molecule has 1 unspecified atom stereocenters. The molecular formula is C17H20N4O2S. The summed E-state index contributed by atoms with van der Waals surface area (Å²) in [6, 6.07) is 7.30. The number of benzene rings is 1. The van der Waals surface area contributed by atoms with Gasteiger partial charge < -0.3 is 15.5 Å². The van der Waals surface area contributed by atoms with E-state index in [1.807, 2.05) is 43.5 Å². The molecule has 24 heavy (non-hydrogen) atoms. The van der Waals surface area contributed by atoms with Crippen molar-refractivity contribution in [3.8, 4) is 0 Å². The van der Waals surface area contributed by atoms with Gasteiger partial charge in [0.2, 0.25) is 5.91 Å². The zero-order valence-corrected chi connectivity index (χ0v) is 14.5. The molecular weight excluding hydrogens is 324 g/mol. The third kappa shape index (κ3) is 3.56. The summed E-state index contributed by atoms with van der Waals surface area (Å²) in [4.78, 5) is 30.4. The Kier molecular flexibility index (Phi) is 4.80. The van der Waals surface area contributed by atoms with Gasteiger partial charge >= 0.3 is 6.03 Å². The van der Waals surface area contributed by atoms with Crippen molar-refractivity contribution < 1.29 is 9.59 Å². The summed E-state index contributed by atoms with van der Waals surface area (Å²) in [5.74, 6) is -0.104. The Balaban J connectivity index is 1.51. The van der Waals surface area contributed by atoms with Gasteiger partial charge in [0.25, 0.3) is 0 Å². The molecule has 1 aliphatic rings. The second kappa shape index (κ2) is 7.00. The number of hydrogen-bond acceptors (Lipinski definition) is 4. The van der Waals surface area contributed by atoms with Crippen LogP contribution in [0, 0.1) is 6.92 Å². The SMILES string of the molecule is Cc1csc(C(C)NC(=O)NCC(=O)N2CCc3ccccc32)n1. The molecule has 3 rings (SSSR count). The smallest absolute Gasteiger partial charge is 0.315 e. The van der Waals surface area contributed by atoms with Crippen LogP contribution in [0.15, 0.2) is 29.6 Å². The summed E-state index contributed by atoms with van der Waals surface area (Å²) >= 11 is 1.51. The minimum Gasteiger partial charge on any atom is -0.329 e. The Morgan fingerprint density at radius 1 is 1.38 bits per heavy atom. The molecule has 2 N–H and O–H groups in total. The molecule has 0 fully saturated rings. The van der Waals surface area contributed by atoms with Crippen LogP contribution < -0.4 is 15.5 Å². The van der Waals surface area contributed by atoms with E-state index < -0.39 is 0 Å². The lowest BCUT2D eigenvalue weighted by atomic mass is 10.2. The normalized spacial score (nSPS) is 14.2. The molecule has 0 saturated carbocycles. The van der Waals surface area contributed by atoms with E-state index in [1.165, 1.54) is 16.9 Å². The average Bonchev–Trinajstić information content (AvgIpc) is 3.19. The fourth-order valence-electron chi connectivity index (χ4n) is 2.73. The Hall–Kier alpha value is -2.41. The molecule has 3 amide bonds. The number of para-hydroxylation sites is 1. The van der Waals surface area contributed by atoms with Crippen LogP contribution in [0.3, 0.4) is 0 Å². The van der Waals surface area contributed by atoms with Crippen LogP contribution >= 0.6 is 11.3 Å². The zero-order chi connectivity index (χ0) is 17.1. The largest absolute Gasteiger partial charge is 0.329 e. The number of urea groups is 1. The van der Waals surface area contributed by atoms with E-state index in [2.05, 4.69) is 15.6 Å². The Morgan fingerprint density at radius 2 is 2.17 bits per heavy atom. The monoisotopic (exact) mass is 344 g/mol. The van der Waals surface area contributed by atoms with E-state index in [1.54, 1.807) is 4.90 Å². The highest BCUT2D eigenvalue weighted by Crippen LogP contribution is 2.27. The van der Waals surface area contributed by atoms with E-state index in [0.717, 1.165) is 22.8 Å². The van der Waals surface area contributed by atoms with Crippen LogP contribution in [-0.4, -0.2) is 30.0 Å². The molecule has 1 atom stereocenters. The summed E-state index contributed by atoms with van der Waals surface area (Å²) in [5, 5.41) is 8.23. The highest BCUT2D eigenvalue weighted by atomic mass is 32.1. The van der Waals surface area contributed by atoms with E-state index >= 15 is 0 Å². The molecule has 1 aromatic carbocycles. The first-order valence-electron chi connectivity index (χ1n) is 7.89. The van der Waals surface area contributed by atoms with E-state index in [9.17, 15) is 9.59 Å². The standard InChI is InChI=1S/C17H20N4O2S/c1-11-10-24-16(19-11)12(2)20-17(23)18-9-15(22)21-8-7-13-5-3-4-6-14(13)21/h3-6,10,12H,7-9H2,1-2H3,(H2,18,20,23). The maximum atomic E-state index is 12.3. The van der Waals surface area contributed by atoms with Crippen molar-refractivity contribution in [2.24, 2.45) is 0 Å². The molecule has 0 bridgehead atoms. The number of amides is 3. The van der Waals surface area contributed by atoms with Crippen molar-refractivity contribution >= 4 is 29.0 Å². The first-order valence-corrected chi connectivity index (χ1v) is 8.77. The van der Waals surface area contributed by atoms with Crippen molar-refractivity contribution in [3.63, 3.8) is 0 Å². The van der Waals surface area contributed by atoms with Gasteiger partial charge in [-0.15, -0.1) is 11.3 Å². The van der Waals surface area contributed by atoms with Crippen LogP contribution in [0.5, 0.6) is 0 Å². The Labute approximate surface area is 144 Å². The number of rotatable bonds is 4. The first-order chi connectivity index (χ1) is 11.5. The van der Waals surface area contributed by atoms with E-state index in [-0.39, 0.29) is 24.5 Å². The summed E-state index contributed by atoms with van der Waals surface area (Å²) in [5.41, 5.74) is 3.05. The number of aryl methyl sites for hydroxylation is 1. The number of carbonyl (C=O) groups is 2. The van der Waals surface area contributed by atoms with Crippen LogP contribution in [0.25, 0.3) is 0 Å². The number of anilines is 1. The molecule has 0 spiro atoms. The van der Waals surface area contributed by atoms with Gasteiger partial charge in [-0.3, -0.25) is 4.79 Å². The van der Waals surface area contributed by atoms with Crippen molar-refractivity contribution in [2.45, 2.75) is 26.3 Å². The number of nitrogens with one attached hydrogen (secondary N) is 2. The number of nitrogens with zero attached hydrogens (tertiary/aromatic N) is 2. The Morgan fingerprint density at radius 3 is 2.92 bits per heavy atom. The molecule has 0 saturated heterocycles. The number of carbonyl (C=O) groups excluding carboxylic acids is 2. The van der Waals surface area contributed by atoms with Gasteiger partial charge in [-0.25, -0.2) is 9.78 Å². The van der Waals surface area contributed by atoms with Crippen LogP contribution in [-0.2, 0) is 11.2 Å². The van der Waals surface area contributed by atoms with Crippen molar-refractivity contribution in [1.82, 2.24) is 15.6 Å². The molecule has 126 valence electrons. The second-order valence-corrected chi connectivity index (χ2v) is 6.69. The van der Waals surface area contributed by atoms with E-state index in [0.29, 0.717) is 6.54 Å². The van der Waals surface area contributed by atoms with Crippen molar-refractivity contribution in [3.05, 3.63) is 45.9 Å². The van der Waals surface area contributed by atoms with Crippen LogP contribution in [0.2, 0.25) is 0 Å². The molecule has 2 heterocycles. The van der Waals surface area contributed by atoms with E-state index in [4.69, 9.17) is 0 Å². The summed E-state index contributed by atoms with van der Waals surface area (Å²) < 4.78 is 0. The highest BCUT2D eigenvalue weighted by molar-refractivity contribution is 7.09. The van der Waals surface area contributed by atoms with Crippen molar-refractivity contribution in [2.75, 3.05) is 18.0 Å². The van der Waals surface area contributed by atoms with Crippen LogP contribution in [0.1, 0.15) is 29.2 Å². The zero-order valence-electron chi connectivity index (χ0n) is 13.7. The van der Waals surface area contributed by atoms with Gasteiger partial charge in [0.1, 0.15) is 5.01 Å². The molecule has 0 radical (unpaired) electrons. The minimum atomic E-state index is -0.365. The van der Waals surface area contributed by atoms with Gasteiger partial charge in [0, 0.05) is 23.3 Å². The number of thiazole rings is 1. The fourth-order valence-corrected chi connectivity index (χ4v) is 3.53. The fraction of sp³-hybridized carbons (Fsp3) is 0.353. The molecule has 1 aromatic heterocycles. The van der Waals surface area contributed by atoms with Gasteiger partial charge in [-0.1, -0.05) is 18.2 Å². The quantitative estimate of drug-likeness (QED) is 0.894. The summed E-state index contributed by atoms with van der Waals surface area (Å²) in [6.07, 6.45) is 0.856. The topological polar surface area (TPSA) is 74.3 Å². The van der Waals surface area contributed by atoms with Gasteiger partial charge in [-0.05, 0) is 31.9 Å². The second-order valence-electron chi connectivity index (χ2n) is 5.80. The number of hydrogen-bond donors (Lipinski definition) is 2. The lowest BCUT2D eigenvalue weighted by Crippen LogP contribution is -2.44. The number of aromatic nitrogens is 1. The van der Waals surface area contributed by atoms with Gasteiger partial charge in [0.15, 0.2) is 0 Å². The lowest BCUT2D eigenvalue weighted by molar-refractivity contribution is -0.117. The van der Waals surface area contributed by atoms with Crippen LogP contribution in [0.4, 0.5) is 10.5 Å². The van der Waals surface area contributed by atoms with Gasteiger partial charge in [-0.2, -0.15) is 0 Å². The number of fused-ring (bicyclic) bond motifs is 1. The third-order valence-corrected chi connectivity index (χ3v) is 5.09. The summed E-state index contributed by atoms with van der Waals surface area (Å²) in [6.45, 7) is 4.43. The first kappa shape index (κ1) is 16.4. The molecule has 6 nitrogen and oxygen atoms in total. The summed E-state index contributed by atoms with van der Waals surface area (Å²) in [7, 11) is 0.